The van der Waals surface area contributed by atoms with Crippen LogP contribution in [-0.4, -0.2) is 4.57 Å². The van der Waals surface area contributed by atoms with E-state index in [1.165, 1.54) is 18.2 Å². The van der Waals surface area contributed by atoms with E-state index in [9.17, 15) is 13.6 Å². The van der Waals surface area contributed by atoms with Crippen molar-refractivity contribution in [3.8, 4) is 5.69 Å². The van der Waals surface area contributed by atoms with Crippen molar-refractivity contribution >= 4 is 26.8 Å². The number of benzene rings is 2. The SMILES string of the molecule is Cc1cc(=O)c2ccc(Br)cc2n1-c1ccc(F)cc1F. The summed E-state index contributed by atoms with van der Waals surface area (Å²) >= 11 is 3.35. The van der Waals surface area contributed by atoms with Crippen LogP contribution in [0, 0.1) is 18.6 Å². The Morgan fingerprint density at radius 3 is 2.52 bits per heavy atom. The average Bonchev–Trinajstić information content (AvgIpc) is 2.40. The molecule has 0 atom stereocenters. The Kier molecular flexibility index (Phi) is 3.37. The predicted octanol–water partition coefficient (Wildman–Crippen LogP) is 4.34. The van der Waals surface area contributed by atoms with E-state index in [1.807, 2.05) is 0 Å². The molecule has 0 aliphatic carbocycles. The van der Waals surface area contributed by atoms with Crippen molar-refractivity contribution < 1.29 is 8.78 Å². The van der Waals surface area contributed by atoms with Crippen LogP contribution in [0.2, 0.25) is 0 Å². The smallest absolute Gasteiger partial charge is 0.189 e. The molecule has 3 rings (SSSR count). The van der Waals surface area contributed by atoms with Crippen LogP contribution >= 0.6 is 15.9 Å². The predicted molar refractivity (Wildman–Crippen MR) is 81.9 cm³/mol. The van der Waals surface area contributed by atoms with E-state index < -0.39 is 11.6 Å². The van der Waals surface area contributed by atoms with Crippen LogP contribution < -0.4 is 5.43 Å². The monoisotopic (exact) mass is 349 g/mol. The van der Waals surface area contributed by atoms with E-state index in [0.29, 0.717) is 16.6 Å². The zero-order valence-electron chi connectivity index (χ0n) is 11.0. The van der Waals surface area contributed by atoms with Gasteiger partial charge in [-0.3, -0.25) is 4.79 Å². The van der Waals surface area contributed by atoms with Gasteiger partial charge in [-0.2, -0.15) is 0 Å². The summed E-state index contributed by atoms with van der Waals surface area (Å²) in [6, 6.07) is 10.0. The molecule has 3 aromatic rings. The molecular weight excluding hydrogens is 340 g/mol. The fourth-order valence-corrected chi connectivity index (χ4v) is 2.75. The molecule has 21 heavy (non-hydrogen) atoms. The molecule has 2 aromatic carbocycles. The molecule has 0 fully saturated rings. The Morgan fingerprint density at radius 1 is 1.05 bits per heavy atom. The highest BCUT2D eigenvalue weighted by Gasteiger charge is 2.12. The molecule has 0 bridgehead atoms. The molecule has 1 heterocycles. The van der Waals surface area contributed by atoms with E-state index in [0.717, 1.165) is 10.5 Å². The molecule has 0 aliphatic heterocycles. The zero-order chi connectivity index (χ0) is 15.1. The van der Waals surface area contributed by atoms with Gasteiger partial charge in [-0.05, 0) is 37.3 Å². The molecule has 0 unspecified atom stereocenters. The summed E-state index contributed by atoms with van der Waals surface area (Å²) in [6.45, 7) is 1.71. The van der Waals surface area contributed by atoms with E-state index in [-0.39, 0.29) is 11.1 Å². The van der Waals surface area contributed by atoms with Crippen molar-refractivity contribution in [2.75, 3.05) is 0 Å². The van der Waals surface area contributed by atoms with Gasteiger partial charge in [0, 0.05) is 27.7 Å². The van der Waals surface area contributed by atoms with Crippen molar-refractivity contribution in [3.63, 3.8) is 0 Å². The topological polar surface area (TPSA) is 22.0 Å². The molecule has 0 saturated carbocycles. The van der Waals surface area contributed by atoms with Crippen LogP contribution in [0.1, 0.15) is 5.69 Å². The minimum atomic E-state index is -0.678. The number of hydrogen-bond acceptors (Lipinski definition) is 1. The standard InChI is InChI=1S/C16H10BrF2NO/c1-9-6-16(21)12-4-2-10(17)7-15(12)20(9)14-5-3-11(18)8-13(14)19/h2-8H,1H3. The van der Waals surface area contributed by atoms with Crippen molar-refractivity contribution in [1.29, 1.82) is 0 Å². The van der Waals surface area contributed by atoms with E-state index in [1.54, 1.807) is 29.7 Å². The second-order valence-corrected chi connectivity index (χ2v) is 5.66. The van der Waals surface area contributed by atoms with Crippen LogP contribution in [-0.2, 0) is 0 Å². The van der Waals surface area contributed by atoms with Gasteiger partial charge in [0.25, 0.3) is 0 Å². The summed E-state index contributed by atoms with van der Waals surface area (Å²) in [5, 5.41) is 0.479. The second-order valence-electron chi connectivity index (χ2n) is 4.74. The quantitative estimate of drug-likeness (QED) is 0.640. The van der Waals surface area contributed by atoms with Crippen molar-refractivity contribution in [3.05, 3.63) is 74.5 Å². The number of pyridine rings is 1. The number of rotatable bonds is 1. The lowest BCUT2D eigenvalue weighted by Crippen LogP contribution is -2.12. The lowest BCUT2D eigenvalue weighted by Gasteiger charge is -2.15. The van der Waals surface area contributed by atoms with E-state index in [2.05, 4.69) is 15.9 Å². The maximum Gasteiger partial charge on any atom is 0.189 e. The van der Waals surface area contributed by atoms with Crippen molar-refractivity contribution in [2.45, 2.75) is 6.92 Å². The van der Waals surface area contributed by atoms with Crippen molar-refractivity contribution in [1.82, 2.24) is 4.57 Å². The fourth-order valence-electron chi connectivity index (χ4n) is 2.40. The summed E-state index contributed by atoms with van der Waals surface area (Å²) in [6.07, 6.45) is 0. The highest BCUT2D eigenvalue weighted by Crippen LogP contribution is 2.24. The normalized spacial score (nSPS) is 11.0. The highest BCUT2D eigenvalue weighted by atomic mass is 79.9. The number of aryl methyl sites for hydroxylation is 1. The summed E-state index contributed by atoms with van der Waals surface area (Å²) in [4.78, 5) is 12.1. The summed E-state index contributed by atoms with van der Waals surface area (Å²) in [5.74, 6) is -1.32. The van der Waals surface area contributed by atoms with Crippen LogP contribution in [0.4, 0.5) is 8.78 Å². The minimum absolute atomic E-state index is 0.131. The molecule has 0 saturated heterocycles. The maximum atomic E-state index is 14.1. The van der Waals surface area contributed by atoms with Gasteiger partial charge in [0.2, 0.25) is 0 Å². The first kappa shape index (κ1) is 13.9. The van der Waals surface area contributed by atoms with Gasteiger partial charge in [-0.15, -0.1) is 0 Å². The third-order valence-corrected chi connectivity index (χ3v) is 3.80. The van der Waals surface area contributed by atoms with Gasteiger partial charge in [-0.25, -0.2) is 8.78 Å². The Morgan fingerprint density at radius 2 is 1.81 bits per heavy atom. The molecule has 106 valence electrons. The number of hydrogen-bond donors (Lipinski definition) is 0. The first-order chi connectivity index (χ1) is 9.97. The van der Waals surface area contributed by atoms with Crippen molar-refractivity contribution in [2.24, 2.45) is 0 Å². The number of fused-ring (bicyclic) bond motifs is 1. The third kappa shape index (κ3) is 2.38. The van der Waals surface area contributed by atoms with Crippen LogP contribution in [0.15, 0.2) is 51.7 Å². The molecule has 0 amide bonds. The van der Waals surface area contributed by atoms with Gasteiger partial charge in [0.1, 0.15) is 11.6 Å². The van der Waals surface area contributed by atoms with Gasteiger partial charge in [0.05, 0.1) is 11.2 Å². The average molecular weight is 350 g/mol. The number of aromatic nitrogens is 1. The summed E-state index contributed by atoms with van der Waals surface area (Å²) in [7, 11) is 0. The molecule has 0 spiro atoms. The van der Waals surface area contributed by atoms with E-state index >= 15 is 0 Å². The molecule has 0 N–H and O–H groups in total. The van der Waals surface area contributed by atoms with Crippen LogP contribution in [0.3, 0.4) is 0 Å². The first-order valence-electron chi connectivity index (χ1n) is 6.25. The number of halogens is 3. The molecule has 5 heteroatoms. The second kappa shape index (κ2) is 5.07. The molecule has 1 aromatic heterocycles. The fraction of sp³-hybridized carbons (Fsp3) is 0.0625. The lowest BCUT2D eigenvalue weighted by atomic mass is 10.1. The van der Waals surface area contributed by atoms with Gasteiger partial charge < -0.3 is 4.57 Å². The largest absolute Gasteiger partial charge is 0.311 e. The molecule has 0 radical (unpaired) electrons. The first-order valence-corrected chi connectivity index (χ1v) is 7.04. The lowest BCUT2D eigenvalue weighted by molar-refractivity contribution is 0.578. The van der Waals surface area contributed by atoms with Gasteiger partial charge >= 0.3 is 0 Å². The number of nitrogens with zero attached hydrogens (tertiary/aromatic N) is 1. The highest BCUT2D eigenvalue weighted by molar-refractivity contribution is 9.10. The summed E-state index contributed by atoms with van der Waals surface area (Å²) < 4.78 is 29.6. The van der Waals surface area contributed by atoms with E-state index in [4.69, 9.17) is 0 Å². The molecule has 2 nitrogen and oxygen atoms in total. The Hall–Kier alpha value is -2.01. The maximum absolute atomic E-state index is 14.1. The summed E-state index contributed by atoms with van der Waals surface area (Å²) in [5.41, 5.74) is 1.22. The van der Waals surface area contributed by atoms with Gasteiger partial charge in [-0.1, -0.05) is 15.9 Å². The van der Waals surface area contributed by atoms with Gasteiger partial charge in [0.15, 0.2) is 5.43 Å². The third-order valence-electron chi connectivity index (χ3n) is 3.31. The molecule has 0 aliphatic rings. The molecular formula is C16H10BrF2NO. The Labute approximate surface area is 127 Å². The zero-order valence-corrected chi connectivity index (χ0v) is 12.6. The minimum Gasteiger partial charge on any atom is -0.311 e. The Bertz CT molecular complexity index is 918. The Balaban J connectivity index is 2.46. The van der Waals surface area contributed by atoms with Crippen LogP contribution in [0.5, 0.6) is 0 Å². The van der Waals surface area contributed by atoms with Crippen LogP contribution in [0.25, 0.3) is 16.6 Å².